The second-order valence-corrected chi connectivity index (χ2v) is 12.7. The molecular formula is C35H40BrNO4. The number of nitrogens with zero attached hydrogens (tertiary/aromatic N) is 1. The third-order valence-electron chi connectivity index (χ3n) is 8.56. The highest BCUT2D eigenvalue weighted by molar-refractivity contribution is 9.10. The van der Waals surface area contributed by atoms with Crippen LogP contribution in [0, 0.1) is 5.92 Å². The van der Waals surface area contributed by atoms with Gasteiger partial charge in [-0.15, -0.1) is 0 Å². The molecule has 0 radical (unpaired) electrons. The molecule has 3 aliphatic rings. The summed E-state index contributed by atoms with van der Waals surface area (Å²) in [7, 11) is 0. The van der Waals surface area contributed by atoms with Crippen molar-refractivity contribution >= 4 is 27.1 Å². The molecule has 3 aliphatic heterocycles. The summed E-state index contributed by atoms with van der Waals surface area (Å²) in [6, 6.07) is 23.4. The molecule has 3 heterocycles. The van der Waals surface area contributed by atoms with Gasteiger partial charge in [0.1, 0.15) is 30.0 Å². The fraction of sp³-hybridized carbons (Fsp3) is 0.429. The highest BCUT2D eigenvalue weighted by atomic mass is 79.9. The van der Waals surface area contributed by atoms with Crippen LogP contribution in [0.1, 0.15) is 69.2 Å². The SMILES string of the molecule is CC1=C(c2cccc(Br)c2)C(c2ccc(OC[C@H](C)N3CC[C@@H](C)C3)cc2)Oc2ccc(OC3CCCCO3)cc21. The van der Waals surface area contributed by atoms with Crippen LogP contribution in [0.25, 0.3) is 11.1 Å². The van der Waals surface area contributed by atoms with Crippen molar-refractivity contribution < 1.29 is 18.9 Å². The zero-order chi connectivity index (χ0) is 28.3. The molecule has 6 heteroatoms. The molecule has 5 nitrogen and oxygen atoms in total. The lowest BCUT2D eigenvalue weighted by molar-refractivity contribution is -0.105. The Morgan fingerprint density at radius 1 is 1.00 bits per heavy atom. The van der Waals surface area contributed by atoms with Gasteiger partial charge in [-0.3, -0.25) is 4.90 Å². The van der Waals surface area contributed by atoms with Crippen LogP contribution < -0.4 is 14.2 Å². The molecule has 0 spiro atoms. The number of rotatable bonds is 8. The summed E-state index contributed by atoms with van der Waals surface area (Å²) in [6.07, 6.45) is 4.00. The van der Waals surface area contributed by atoms with Gasteiger partial charge in [0.2, 0.25) is 0 Å². The molecule has 3 aromatic carbocycles. The van der Waals surface area contributed by atoms with Gasteiger partial charge in [-0.2, -0.15) is 0 Å². The number of hydrogen-bond acceptors (Lipinski definition) is 5. The average Bonchev–Trinajstić information content (AvgIpc) is 3.43. The summed E-state index contributed by atoms with van der Waals surface area (Å²) in [4.78, 5) is 2.53. The first-order valence-electron chi connectivity index (χ1n) is 15.0. The van der Waals surface area contributed by atoms with E-state index in [1.165, 1.54) is 12.0 Å². The minimum atomic E-state index is -0.246. The summed E-state index contributed by atoms with van der Waals surface area (Å²) in [5.41, 5.74) is 5.60. The molecule has 0 saturated carbocycles. The maximum Gasteiger partial charge on any atom is 0.199 e. The normalized spacial score (nSPS) is 23.6. The van der Waals surface area contributed by atoms with Crippen molar-refractivity contribution in [2.24, 2.45) is 5.92 Å². The second kappa shape index (κ2) is 12.6. The lowest BCUT2D eigenvalue weighted by atomic mass is 9.86. The molecule has 216 valence electrons. The third kappa shape index (κ3) is 6.50. The van der Waals surface area contributed by atoms with E-state index < -0.39 is 0 Å². The van der Waals surface area contributed by atoms with Crippen molar-refractivity contribution in [1.29, 1.82) is 0 Å². The molecule has 3 aromatic rings. The van der Waals surface area contributed by atoms with Gasteiger partial charge in [0.25, 0.3) is 0 Å². The fourth-order valence-electron chi connectivity index (χ4n) is 6.15. The molecular weight excluding hydrogens is 578 g/mol. The Hall–Kier alpha value is -2.80. The van der Waals surface area contributed by atoms with Crippen molar-refractivity contribution in [3.8, 4) is 17.2 Å². The van der Waals surface area contributed by atoms with Gasteiger partial charge in [-0.1, -0.05) is 47.1 Å². The van der Waals surface area contributed by atoms with E-state index in [1.807, 2.05) is 12.1 Å². The van der Waals surface area contributed by atoms with Crippen LogP contribution in [0.3, 0.4) is 0 Å². The molecule has 0 amide bonds. The van der Waals surface area contributed by atoms with E-state index in [9.17, 15) is 0 Å². The van der Waals surface area contributed by atoms with Gasteiger partial charge in [-0.05, 0) is 105 Å². The van der Waals surface area contributed by atoms with E-state index in [0.29, 0.717) is 12.6 Å². The number of benzene rings is 3. The van der Waals surface area contributed by atoms with Crippen molar-refractivity contribution in [1.82, 2.24) is 4.90 Å². The summed E-state index contributed by atoms with van der Waals surface area (Å²) in [5.74, 6) is 3.33. The molecule has 41 heavy (non-hydrogen) atoms. The molecule has 2 unspecified atom stereocenters. The van der Waals surface area contributed by atoms with E-state index in [1.54, 1.807) is 0 Å². The predicted octanol–water partition coefficient (Wildman–Crippen LogP) is 8.53. The van der Waals surface area contributed by atoms with Crippen molar-refractivity contribution in [2.45, 2.75) is 64.9 Å². The predicted molar refractivity (Wildman–Crippen MR) is 167 cm³/mol. The lowest BCUT2D eigenvalue weighted by Gasteiger charge is -2.32. The smallest absolute Gasteiger partial charge is 0.199 e. The first kappa shape index (κ1) is 28.3. The average molecular weight is 619 g/mol. The molecule has 0 N–H and O–H groups in total. The summed E-state index contributed by atoms with van der Waals surface area (Å²) in [5, 5.41) is 0. The number of hydrogen-bond donors (Lipinski definition) is 0. The second-order valence-electron chi connectivity index (χ2n) is 11.7. The molecule has 0 aromatic heterocycles. The maximum absolute atomic E-state index is 6.75. The fourth-order valence-corrected chi connectivity index (χ4v) is 6.55. The van der Waals surface area contributed by atoms with E-state index in [0.717, 1.165) is 88.9 Å². The first-order chi connectivity index (χ1) is 19.9. The quantitative estimate of drug-likeness (QED) is 0.253. The third-order valence-corrected chi connectivity index (χ3v) is 9.05. The first-order valence-corrected chi connectivity index (χ1v) is 15.8. The number of ether oxygens (including phenoxy) is 4. The van der Waals surface area contributed by atoms with Crippen LogP contribution in [0.4, 0.5) is 0 Å². The Kier molecular flexibility index (Phi) is 8.71. The van der Waals surface area contributed by atoms with Gasteiger partial charge >= 0.3 is 0 Å². The zero-order valence-electron chi connectivity index (χ0n) is 24.3. The Morgan fingerprint density at radius 2 is 1.83 bits per heavy atom. The molecule has 6 rings (SSSR count). The van der Waals surface area contributed by atoms with Crippen LogP contribution in [-0.2, 0) is 4.74 Å². The van der Waals surface area contributed by atoms with Crippen molar-refractivity contribution in [3.63, 3.8) is 0 Å². The molecule has 0 aliphatic carbocycles. The van der Waals surface area contributed by atoms with E-state index in [-0.39, 0.29) is 12.4 Å². The number of halogens is 1. The highest BCUT2D eigenvalue weighted by Crippen LogP contribution is 2.48. The van der Waals surface area contributed by atoms with E-state index >= 15 is 0 Å². The minimum absolute atomic E-state index is 0.185. The molecule has 2 fully saturated rings. The number of allylic oxidation sites excluding steroid dienone is 1. The topological polar surface area (TPSA) is 40.2 Å². The summed E-state index contributed by atoms with van der Waals surface area (Å²) >= 11 is 3.67. The Labute approximate surface area is 252 Å². The van der Waals surface area contributed by atoms with Gasteiger partial charge < -0.3 is 18.9 Å². The van der Waals surface area contributed by atoms with Gasteiger partial charge in [0, 0.05) is 34.6 Å². The van der Waals surface area contributed by atoms with Crippen LogP contribution >= 0.6 is 15.9 Å². The van der Waals surface area contributed by atoms with E-state index in [4.69, 9.17) is 18.9 Å². The maximum atomic E-state index is 6.75. The number of likely N-dealkylation sites (tertiary alicyclic amines) is 1. The van der Waals surface area contributed by atoms with Crippen LogP contribution in [-0.4, -0.2) is 43.5 Å². The number of fused-ring (bicyclic) bond motifs is 1. The Balaban J connectivity index is 1.25. The van der Waals surface area contributed by atoms with E-state index in [2.05, 4.69) is 96.2 Å². The Bertz CT molecular complexity index is 1380. The Morgan fingerprint density at radius 3 is 2.56 bits per heavy atom. The standard InChI is InChI=1S/C35H40BrNO4/c1-23-16-17-37(21-23)24(2)22-39-29-12-10-26(11-13-29)35-34(27-7-6-8-28(36)19-27)25(3)31-20-30(14-15-32(31)41-35)40-33-9-4-5-18-38-33/h6-8,10-15,19-20,23-24,33,35H,4-5,9,16-18,21-22H2,1-3H3/t23-,24+,33?,35?/m1/s1. The van der Waals surface area contributed by atoms with Crippen molar-refractivity contribution in [3.05, 3.63) is 87.9 Å². The molecule has 0 bridgehead atoms. The molecule has 2 saturated heterocycles. The van der Waals surface area contributed by atoms with Crippen LogP contribution in [0.5, 0.6) is 17.2 Å². The van der Waals surface area contributed by atoms with Gasteiger partial charge in [0.15, 0.2) is 6.29 Å². The van der Waals surface area contributed by atoms with Crippen molar-refractivity contribution in [2.75, 3.05) is 26.3 Å². The largest absolute Gasteiger partial charge is 0.492 e. The monoisotopic (exact) mass is 617 g/mol. The zero-order valence-corrected chi connectivity index (χ0v) is 25.9. The minimum Gasteiger partial charge on any atom is -0.492 e. The van der Waals surface area contributed by atoms with Crippen LogP contribution in [0.15, 0.2) is 71.2 Å². The van der Waals surface area contributed by atoms with Crippen LogP contribution in [0.2, 0.25) is 0 Å². The highest BCUT2D eigenvalue weighted by Gasteiger charge is 2.30. The van der Waals surface area contributed by atoms with Gasteiger partial charge in [-0.25, -0.2) is 0 Å². The molecule has 4 atom stereocenters. The van der Waals surface area contributed by atoms with Gasteiger partial charge in [0.05, 0.1) is 6.61 Å². The summed E-state index contributed by atoms with van der Waals surface area (Å²) < 4.78 is 26.0. The lowest BCUT2D eigenvalue weighted by Crippen LogP contribution is -2.35. The summed E-state index contributed by atoms with van der Waals surface area (Å²) in [6.45, 7) is 10.5.